The van der Waals surface area contributed by atoms with Gasteiger partial charge in [-0.2, -0.15) is 0 Å². The Bertz CT molecular complexity index is 748. The van der Waals surface area contributed by atoms with E-state index >= 15 is 0 Å². The maximum absolute atomic E-state index is 3.66. The highest BCUT2D eigenvalue weighted by molar-refractivity contribution is 5.93. The van der Waals surface area contributed by atoms with Crippen molar-refractivity contribution in [1.29, 1.82) is 0 Å². The fraction of sp³-hybridized carbons (Fsp3) is 0.200. The molecule has 0 saturated heterocycles. The van der Waals surface area contributed by atoms with Gasteiger partial charge in [0.15, 0.2) is 0 Å². The maximum Gasteiger partial charge on any atom is 0.0486 e. The van der Waals surface area contributed by atoms with E-state index < -0.39 is 0 Å². The Morgan fingerprint density at radius 3 is 2.24 bits per heavy atom. The zero-order valence-electron chi connectivity index (χ0n) is 12.9. The van der Waals surface area contributed by atoms with Crippen LogP contribution >= 0.6 is 0 Å². The number of fused-ring (bicyclic) bond motifs is 1. The van der Waals surface area contributed by atoms with E-state index in [0.29, 0.717) is 0 Å². The summed E-state index contributed by atoms with van der Waals surface area (Å²) >= 11 is 0. The minimum Gasteiger partial charge on any atom is -0.378 e. The van der Waals surface area contributed by atoms with Crippen LogP contribution < -0.4 is 5.32 Å². The first-order chi connectivity index (χ1) is 10.1. The van der Waals surface area contributed by atoms with Gasteiger partial charge in [0.2, 0.25) is 0 Å². The minimum atomic E-state index is 0.286. The lowest BCUT2D eigenvalue weighted by molar-refractivity contribution is 0.883. The van der Waals surface area contributed by atoms with Gasteiger partial charge in [-0.1, -0.05) is 65.7 Å². The molecule has 1 unspecified atom stereocenters. The SMILES string of the molecule is Cc1cc(C)cc(C(C)Nc2cccc3ccccc23)c1. The molecule has 0 aliphatic carbocycles. The normalized spacial score (nSPS) is 12.3. The van der Waals surface area contributed by atoms with Gasteiger partial charge in [0.25, 0.3) is 0 Å². The van der Waals surface area contributed by atoms with E-state index in [9.17, 15) is 0 Å². The first kappa shape index (κ1) is 13.7. The van der Waals surface area contributed by atoms with Crippen LogP contribution in [0.3, 0.4) is 0 Å². The highest BCUT2D eigenvalue weighted by atomic mass is 14.9. The van der Waals surface area contributed by atoms with Crippen LogP contribution in [0.1, 0.15) is 29.7 Å². The molecule has 3 aromatic carbocycles. The van der Waals surface area contributed by atoms with Crippen molar-refractivity contribution in [2.24, 2.45) is 0 Å². The zero-order chi connectivity index (χ0) is 14.8. The van der Waals surface area contributed by atoms with Crippen molar-refractivity contribution in [3.8, 4) is 0 Å². The van der Waals surface area contributed by atoms with Gasteiger partial charge in [0.1, 0.15) is 0 Å². The molecule has 106 valence electrons. The Kier molecular flexibility index (Phi) is 3.66. The molecule has 0 aromatic heterocycles. The monoisotopic (exact) mass is 275 g/mol. The number of benzene rings is 3. The van der Waals surface area contributed by atoms with E-state index in [1.54, 1.807) is 0 Å². The average molecular weight is 275 g/mol. The van der Waals surface area contributed by atoms with Crippen LogP contribution in [0.25, 0.3) is 10.8 Å². The molecule has 0 spiro atoms. The van der Waals surface area contributed by atoms with Gasteiger partial charge < -0.3 is 5.32 Å². The van der Waals surface area contributed by atoms with Crippen LogP contribution in [-0.4, -0.2) is 0 Å². The predicted octanol–water partition coefficient (Wildman–Crippen LogP) is 5.63. The third kappa shape index (κ3) is 2.92. The molecule has 0 saturated carbocycles. The summed E-state index contributed by atoms with van der Waals surface area (Å²) in [7, 11) is 0. The fourth-order valence-electron chi connectivity index (χ4n) is 2.93. The summed E-state index contributed by atoms with van der Waals surface area (Å²) in [5, 5.41) is 6.20. The van der Waals surface area contributed by atoms with Crippen LogP contribution in [0.5, 0.6) is 0 Å². The number of hydrogen-bond acceptors (Lipinski definition) is 1. The Morgan fingerprint density at radius 1 is 0.810 bits per heavy atom. The van der Waals surface area contributed by atoms with E-state index in [1.807, 2.05) is 0 Å². The molecule has 0 amide bonds. The second-order valence-corrected chi connectivity index (χ2v) is 5.81. The Hall–Kier alpha value is -2.28. The van der Waals surface area contributed by atoms with Gasteiger partial charge in [-0.3, -0.25) is 0 Å². The lowest BCUT2D eigenvalue weighted by Crippen LogP contribution is -2.07. The molecule has 0 fully saturated rings. The molecule has 0 aliphatic heterocycles. The van der Waals surface area contributed by atoms with Crippen molar-refractivity contribution in [3.63, 3.8) is 0 Å². The Morgan fingerprint density at radius 2 is 1.48 bits per heavy atom. The smallest absolute Gasteiger partial charge is 0.0486 e. The van der Waals surface area contributed by atoms with Gasteiger partial charge in [0.05, 0.1) is 0 Å². The third-order valence-corrected chi connectivity index (χ3v) is 3.91. The molecule has 0 radical (unpaired) electrons. The first-order valence-corrected chi connectivity index (χ1v) is 7.46. The summed E-state index contributed by atoms with van der Waals surface area (Å²) in [5.74, 6) is 0. The number of aryl methyl sites for hydroxylation is 2. The molecule has 1 N–H and O–H groups in total. The molecular weight excluding hydrogens is 254 g/mol. The largest absolute Gasteiger partial charge is 0.378 e. The fourth-order valence-corrected chi connectivity index (χ4v) is 2.93. The van der Waals surface area contributed by atoms with Crippen molar-refractivity contribution in [2.45, 2.75) is 26.8 Å². The predicted molar refractivity (Wildman–Crippen MR) is 91.9 cm³/mol. The van der Waals surface area contributed by atoms with E-state index in [-0.39, 0.29) is 6.04 Å². The van der Waals surface area contributed by atoms with E-state index in [4.69, 9.17) is 0 Å². The van der Waals surface area contributed by atoms with Crippen molar-refractivity contribution < 1.29 is 0 Å². The summed E-state index contributed by atoms with van der Waals surface area (Å²) < 4.78 is 0. The molecule has 3 aromatic rings. The number of anilines is 1. The Balaban J connectivity index is 1.94. The quantitative estimate of drug-likeness (QED) is 0.653. The van der Waals surface area contributed by atoms with Crippen LogP contribution in [-0.2, 0) is 0 Å². The second kappa shape index (κ2) is 5.61. The van der Waals surface area contributed by atoms with E-state index in [2.05, 4.69) is 86.8 Å². The van der Waals surface area contributed by atoms with Crippen LogP contribution in [0.2, 0.25) is 0 Å². The molecular formula is C20H21N. The number of nitrogens with one attached hydrogen (secondary N) is 1. The van der Waals surface area contributed by atoms with Crippen molar-refractivity contribution in [1.82, 2.24) is 0 Å². The number of hydrogen-bond donors (Lipinski definition) is 1. The van der Waals surface area contributed by atoms with E-state index in [1.165, 1.54) is 33.2 Å². The molecule has 1 nitrogen and oxygen atoms in total. The van der Waals surface area contributed by atoms with Crippen LogP contribution in [0, 0.1) is 13.8 Å². The van der Waals surface area contributed by atoms with Gasteiger partial charge in [-0.05, 0) is 37.8 Å². The third-order valence-electron chi connectivity index (χ3n) is 3.91. The van der Waals surface area contributed by atoms with Crippen LogP contribution in [0.15, 0.2) is 60.7 Å². The topological polar surface area (TPSA) is 12.0 Å². The number of rotatable bonds is 3. The van der Waals surface area contributed by atoms with Gasteiger partial charge in [0, 0.05) is 17.1 Å². The van der Waals surface area contributed by atoms with Gasteiger partial charge in [-0.15, -0.1) is 0 Å². The summed E-state index contributed by atoms with van der Waals surface area (Å²) in [6.45, 7) is 6.53. The highest BCUT2D eigenvalue weighted by Gasteiger charge is 2.08. The van der Waals surface area contributed by atoms with Crippen LogP contribution in [0.4, 0.5) is 5.69 Å². The first-order valence-electron chi connectivity index (χ1n) is 7.46. The molecule has 0 aliphatic rings. The molecule has 21 heavy (non-hydrogen) atoms. The molecule has 1 atom stereocenters. The van der Waals surface area contributed by atoms with Crippen molar-refractivity contribution in [3.05, 3.63) is 77.4 Å². The molecule has 0 bridgehead atoms. The molecule has 3 rings (SSSR count). The Labute approximate surface area is 126 Å². The highest BCUT2D eigenvalue weighted by Crippen LogP contribution is 2.27. The molecule has 1 heteroatoms. The van der Waals surface area contributed by atoms with E-state index in [0.717, 1.165) is 0 Å². The summed E-state index contributed by atoms with van der Waals surface area (Å²) in [6.07, 6.45) is 0. The zero-order valence-corrected chi connectivity index (χ0v) is 12.9. The standard InChI is InChI=1S/C20H21N/c1-14-11-15(2)13-18(12-14)16(3)21-20-10-6-8-17-7-4-5-9-19(17)20/h4-13,16,21H,1-3H3. The lowest BCUT2D eigenvalue weighted by atomic mass is 10.0. The molecule has 0 heterocycles. The van der Waals surface area contributed by atoms with Crippen molar-refractivity contribution >= 4 is 16.5 Å². The summed E-state index contributed by atoms with van der Waals surface area (Å²) in [4.78, 5) is 0. The second-order valence-electron chi connectivity index (χ2n) is 5.81. The minimum absolute atomic E-state index is 0.286. The summed E-state index contributed by atoms with van der Waals surface area (Å²) in [5.41, 5.74) is 5.16. The lowest BCUT2D eigenvalue weighted by Gasteiger charge is -2.18. The summed E-state index contributed by atoms with van der Waals surface area (Å²) in [6, 6.07) is 21.9. The maximum atomic E-state index is 3.66. The van der Waals surface area contributed by atoms with Gasteiger partial charge in [-0.25, -0.2) is 0 Å². The van der Waals surface area contributed by atoms with Gasteiger partial charge >= 0.3 is 0 Å². The average Bonchev–Trinajstić information content (AvgIpc) is 2.46. The van der Waals surface area contributed by atoms with Crippen molar-refractivity contribution in [2.75, 3.05) is 5.32 Å².